The Morgan fingerprint density at radius 3 is 2.64 bits per heavy atom. The Bertz CT molecular complexity index is 888. The van der Waals surface area contributed by atoms with Crippen molar-refractivity contribution in [1.29, 1.82) is 0 Å². The molecule has 0 saturated heterocycles. The monoisotopic (exact) mass is 356 g/mol. The summed E-state index contributed by atoms with van der Waals surface area (Å²) >= 11 is 3.39. The standard InChI is InChI=1S/C17H13BrN2O2/c18-12-6-7-15-13(8-12)14(9-16(21)20-15)17(22)19-10-11-4-2-1-3-5-11/h1-9H,10H2,(H,19,22)(H,20,21). The Kier molecular flexibility index (Phi) is 4.06. The van der Waals surface area contributed by atoms with Crippen molar-refractivity contribution >= 4 is 32.7 Å². The summed E-state index contributed by atoms with van der Waals surface area (Å²) in [5.74, 6) is -0.266. The molecule has 1 heterocycles. The number of amides is 1. The molecule has 3 rings (SSSR count). The number of nitrogens with one attached hydrogen (secondary N) is 2. The van der Waals surface area contributed by atoms with Gasteiger partial charge in [0.1, 0.15) is 0 Å². The Hall–Kier alpha value is -2.40. The van der Waals surface area contributed by atoms with E-state index in [0.29, 0.717) is 23.0 Å². The van der Waals surface area contributed by atoms with Crippen molar-refractivity contribution in [2.45, 2.75) is 6.54 Å². The molecular weight excluding hydrogens is 344 g/mol. The number of pyridine rings is 1. The molecule has 0 fully saturated rings. The summed E-state index contributed by atoms with van der Waals surface area (Å²) in [5, 5.41) is 3.55. The molecule has 0 aliphatic carbocycles. The average Bonchev–Trinajstić information content (AvgIpc) is 2.53. The third-order valence-electron chi connectivity index (χ3n) is 3.35. The van der Waals surface area contributed by atoms with Gasteiger partial charge >= 0.3 is 0 Å². The van der Waals surface area contributed by atoms with E-state index in [1.165, 1.54) is 6.07 Å². The van der Waals surface area contributed by atoms with Crippen LogP contribution in [0.25, 0.3) is 10.9 Å². The summed E-state index contributed by atoms with van der Waals surface area (Å²) < 4.78 is 0.851. The van der Waals surface area contributed by atoms with Crippen molar-refractivity contribution in [3.05, 3.63) is 80.6 Å². The van der Waals surface area contributed by atoms with Crippen LogP contribution in [0.5, 0.6) is 0 Å². The number of rotatable bonds is 3. The maximum atomic E-state index is 12.4. The molecule has 0 radical (unpaired) electrons. The molecule has 1 aromatic heterocycles. The third kappa shape index (κ3) is 3.09. The Balaban J connectivity index is 1.93. The van der Waals surface area contributed by atoms with Crippen LogP contribution in [0, 0.1) is 0 Å². The van der Waals surface area contributed by atoms with E-state index < -0.39 is 0 Å². The number of benzene rings is 2. The third-order valence-corrected chi connectivity index (χ3v) is 3.84. The SMILES string of the molecule is O=C(NCc1ccccc1)c1cc(=O)[nH]c2ccc(Br)cc12. The predicted molar refractivity (Wildman–Crippen MR) is 89.9 cm³/mol. The minimum absolute atomic E-state index is 0.266. The topological polar surface area (TPSA) is 62.0 Å². The van der Waals surface area contributed by atoms with Crippen molar-refractivity contribution in [2.24, 2.45) is 0 Å². The van der Waals surface area contributed by atoms with E-state index in [4.69, 9.17) is 0 Å². The highest BCUT2D eigenvalue weighted by Crippen LogP contribution is 2.20. The van der Waals surface area contributed by atoms with Gasteiger partial charge < -0.3 is 10.3 Å². The van der Waals surface area contributed by atoms with Gasteiger partial charge in [0.2, 0.25) is 5.56 Å². The van der Waals surface area contributed by atoms with Gasteiger partial charge in [-0.25, -0.2) is 0 Å². The second-order valence-corrected chi connectivity index (χ2v) is 5.82. The fourth-order valence-electron chi connectivity index (χ4n) is 2.29. The van der Waals surface area contributed by atoms with Gasteiger partial charge in [-0.2, -0.15) is 0 Å². The highest BCUT2D eigenvalue weighted by atomic mass is 79.9. The van der Waals surface area contributed by atoms with Gasteiger partial charge in [-0.3, -0.25) is 9.59 Å². The lowest BCUT2D eigenvalue weighted by Crippen LogP contribution is -2.24. The van der Waals surface area contributed by atoms with E-state index in [-0.39, 0.29) is 11.5 Å². The van der Waals surface area contributed by atoms with E-state index in [1.807, 2.05) is 42.5 Å². The highest BCUT2D eigenvalue weighted by molar-refractivity contribution is 9.10. The van der Waals surface area contributed by atoms with Crippen molar-refractivity contribution in [1.82, 2.24) is 10.3 Å². The van der Waals surface area contributed by atoms with Crippen LogP contribution in [0.3, 0.4) is 0 Å². The molecule has 0 bridgehead atoms. The minimum Gasteiger partial charge on any atom is -0.348 e. The fourth-order valence-corrected chi connectivity index (χ4v) is 2.65. The van der Waals surface area contributed by atoms with E-state index in [0.717, 1.165) is 10.0 Å². The average molecular weight is 357 g/mol. The van der Waals surface area contributed by atoms with E-state index in [9.17, 15) is 9.59 Å². The summed E-state index contributed by atoms with van der Waals surface area (Å²) in [4.78, 5) is 26.9. The lowest BCUT2D eigenvalue weighted by molar-refractivity contribution is 0.0952. The van der Waals surface area contributed by atoms with Crippen LogP contribution in [-0.2, 0) is 6.54 Å². The molecule has 2 aromatic carbocycles. The number of carbonyl (C=O) groups excluding carboxylic acids is 1. The van der Waals surface area contributed by atoms with Crippen molar-refractivity contribution in [3.8, 4) is 0 Å². The smallest absolute Gasteiger partial charge is 0.252 e. The van der Waals surface area contributed by atoms with Crippen LogP contribution < -0.4 is 10.9 Å². The molecule has 0 aliphatic rings. The van der Waals surface area contributed by atoms with Gasteiger partial charge in [-0.05, 0) is 23.8 Å². The highest BCUT2D eigenvalue weighted by Gasteiger charge is 2.12. The normalized spacial score (nSPS) is 10.6. The molecule has 22 heavy (non-hydrogen) atoms. The summed E-state index contributed by atoms with van der Waals surface area (Å²) in [6.45, 7) is 0.419. The second kappa shape index (κ2) is 6.15. The zero-order valence-corrected chi connectivity index (χ0v) is 13.2. The van der Waals surface area contributed by atoms with Gasteiger partial charge in [0.05, 0.1) is 5.56 Å². The number of hydrogen-bond acceptors (Lipinski definition) is 2. The van der Waals surface area contributed by atoms with Crippen LogP contribution in [0.4, 0.5) is 0 Å². The molecule has 0 unspecified atom stereocenters. The van der Waals surface area contributed by atoms with Crippen LogP contribution in [0.2, 0.25) is 0 Å². The number of hydrogen-bond donors (Lipinski definition) is 2. The van der Waals surface area contributed by atoms with Gasteiger partial charge in [-0.1, -0.05) is 46.3 Å². The van der Waals surface area contributed by atoms with Gasteiger partial charge in [0.25, 0.3) is 5.91 Å². The van der Waals surface area contributed by atoms with Gasteiger partial charge in [0.15, 0.2) is 0 Å². The first-order valence-corrected chi connectivity index (χ1v) is 7.57. The molecule has 0 aliphatic heterocycles. The minimum atomic E-state index is -0.292. The Morgan fingerprint density at radius 2 is 1.86 bits per heavy atom. The molecule has 1 amide bonds. The van der Waals surface area contributed by atoms with E-state index in [1.54, 1.807) is 6.07 Å². The lowest BCUT2D eigenvalue weighted by Gasteiger charge is -2.08. The summed E-state index contributed by atoms with van der Waals surface area (Å²) in [6, 6.07) is 16.4. The van der Waals surface area contributed by atoms with Crippen LogP contribution in [0.1, 0.15) is 15.9 Å². The molecule has 0 spiro atoms. The van der Waals surface area contributed by atoms with E-state index in [2.05, 4.69) is 26.2 Å². The summed E-state index contributed by atoms with van der Waals surface area (Å²) in [5.41, 5.74) is 1.72. The molecule has 2 N–H and O–H groups in total. The number of fused-ring (bicyclic) bond motifs is 1. The lowest BCUT2D eigenvalue weighted by atomic mass is 10.1. The molecule has 5 heteroatoms. The van der Waals surface area contributed by atoms with Crippen LogP contribution >= 0.6 is 15.9 Å². The van der Waals surface area contributed by atoms with Crippen LogP contribution in [0.15, 0.2) is 63.9 Å². The second-order valence-electron chi connectivity index (χ2n) is 4.91. The van der Waals surface area contributed by atoms with Crippen LogP contribution in [-0.4, -0.2) is 10.9 Å². The first-order chi connectivity index (χ1) is 10.6. The zero-order chi connectivity index (χ0) is 15.5. The maximum absolute atomic E-state index is 12.4. The first-order valence-electron chi connectivity index (χ1n) is 6.78. The van der Waals surface area contributed by atoms with E-state index >= 15 is 0 Å². The number of aromatic nitrogens is 1. The summed E-state index contributed by atoms with van der Waals surface area (Å²) in [7, 11) is 0. The Morgan fingerprint density at radius 1 is 1.09 bits per heavy atom. The number of carbonyl (C=O) groups is 1. The first kappa shape index (κ1) is 14.5. The maximum Gasteiger partial charge on any atom is 0.252 e. The zero-order valence-electron chi connectivity index (χ0n) is 11.6. The molecule has 3 aromatic rings. The van der Waals surface area contributed by atoms with Crippen molar-refractivity contribution in [3.63, 3.8) is 0 Å². The molecule has 0 atom stereocenters. The quantitative estimate of drug-likeness (QED) is 0.756. The molecule has 0 saturated carbocycles. The van der Waals surface area contributed by atoms with Crippen molar-refractivity contribution in [2.75, 3.05) is 0 Å². The Labute approximate surface area is 135 Å². The number of H-pyrrole nitrogens is 1. The number of halogens is 1. The fraction of sp³-hybridized carbons (Fsp3) is 0.0588. The van der Waals surface area contributed by atoms with Gasteiger partial charge in [-0.15, -0.1) is 0 Å². The molecular formula is C17H13BrN2O2. The van der Waals surface area contributed by atoms with Gasteiger partial charge in [0, 0.05) is 28.0 Å². The largest absolute Gasteiger partial charge is 0.348 e. The number of aromatic amines is 1. The molecule has 110 valence electrons. The summed E-state index contributed by atoms with van der Waals surface area (Å²) in [6.07, 6.45) is 0. The predicted octanol–water partition coefficient (Wildman–Crippen LogP) is 3.22. The van der Waals surface area contributed by atoms with Crippen molar-refractivity contribution < 1.29 is 4.79 Å². The molecule has 4 nitrogen and oxygen atoms in total.